The summed E-state index contributed by atoms with van der Waals surface area (Å²) in [5, 5.41) is 0.712. The molecule has 5 atom stereocenters. The zero-order valence-corrected chi connectivity index (χ0v) is 39.0. The first kappa shape index (κ1) is 47.6. The summed E-state index contributed by atoms with van der Waals surface area (Å²) < 4.78 is 37.0. The first-order valence-corrected chi connectivity index (χ1v) is 23.4. The Morgan fingerprint density at radius 1 is 0.625 bits per heavy atom. The molecule has 11 rings (SSSR count). The van der Waals surface area contributed by atoms with E-state index >= 15 is 0 Å². The molecule has 5 aromatic carbocycles. The maximum Gasteiger partial charge on any atom is 0.125 e. The molecule has 0 saturated heterocycles. The number of fused-ring (bicyclic) bond motifs is 5. The van der Waals surface area contributed by atoms with E-state index in [-0.39, 0.29) is 58.3 Å². The van der Waals surface area contributed by atoms with Crippen molar-refractivity contribution in [2.45, 2.75) is 145 Å². The van der Waals surface area contributed by atoms with Crippen molar-refractivity contribution in [1.82, 2.24) is 0 Å². The van der Waals surface area contributed by atoms with Crippen LogP contribution in [0.5, 0.6) is 11.5 Å². The number of ether oxygens (including phenoxy) is 2. The lowest BCUT2D eigenvalue weighted by atomic mass is 9.73. The van der Waals surface area contributed by atoms with Gasteiger partial charge in [-0.05, 0) is 156 Å². The fourth-order valence-corrected chi connectivity index (χ4v) is 10.0. The number of halogens is 3. The Kier molecular flexibility index (Phi) is 14.6. The summed E-state index contributed by atoms with van der Waals surface area (Å²) in [6.45, 7) is 11.9. The Bertz CT molecular complexity index is 2410. The van der Waals surface area contributed by atoms with Crippen LogP contribution in [0.3, 0.4) is 0 Å². The average molecular weight is 893 g/mol. The van der Waals surface area contributed by atoms with Crippen LogP contribution in [0, 0.1) is 11.6 Å². The van der Waals surface area contributed by atoms with E-state index in [4.69, 9.17) is 49.7 Å². The number of hydrogen-bond acceptors (Lipinski definition) is 7. The minimum Gasteiger partial charge on any atom is -0.492 e. The Hall–Kier alpha value is -4.35. The molecule has 10 heteroatoms. The number of aryl methyl sites for hydroxylation is 2. The fourth-order valence-electron chi connectivity index (χ4n) is 9.88. The average Bonchev–Trinajstić information content (AvgIpc) is 3.88. The van der Waals surface area contributed by atoms with Crippen LogP contribution in [0.2, 0.25) is 5.02 Å². The summed E-state index contributed by atoms with van der Waals surface area (Å²) in [7, 11) is 0. The highest BCUT2D eigenvalue weighted by molar-refractivity contribution is 6.30. The van der Waals surface area contributed by atoms with Crippen LogP contribution in [-0.4, -0.2) is 18.2 Å². The summed E-state index contributed by atoms with van der Waals surface area (Å²) in [5.74, 6) is 1.26. The van der Waals surface area contributed by atoms with Crippen LogP contribution >= 0.6 is 11.6 Å². The first-order valence-electron chi connectivity index (χ1n) is 23.0. The zero-order chi connectivity index (χ0) is 46.0. The standard InChI is InChI=1S/C13H19N.C12H14FNO.C11H15N.C9H10ClNO.C9H10FN/c1-13(2,3)10-5-6-11-9(8-10)4-7-12(11)14;13-8-2-3-11-9(6-8)10(14)7-12(15-11)4-1-5-12;1-11(2)7-10(12)8-5-3-4-6-9(8)11;10-7-2-1-6-3-8(11)5-12-9(6)4-7;10-7-2-3-8-6(5-7)1-4-9(8)11/h5-6,8,12H,4,7,14H2,1-3H3;2-3,6,10H,1,4-5,7,14H2;3-6,10H,7,12H2,1-2H3;1-2,4,8H,3,5,11H2;2-3,5,9H,1,4,11H2/t12-;2*10-;;9-/m101.1/s1. The van der Waals surface area contributed by atoms with Gasteiger partial charge in [0.2, 0.25) is 0 Å². The van der Waals surface area contributed by atoms with Gasteiger partial charge in [-0.1, -0.05) is 101 Å². The molecule has 2 aliphatic heterocycles. The number of rotatable bonds is 0. The molecule has 0 amide bonds. The minimum absolute atomic E-state index is 0.0375. The van der Waals surface area contributed by atoms with Gasteiger partial charge < -0.3 is 38.1 Å². The highest BCUT2D eigenvalue weighted by Crippen LogP contribution is 2.48. The summed E-state index contributed by atoms with van der Waals surface area (Å²) >= 11 is 5.80. The normalized spacial score (nSPS) is 23.4. The van der Waals surface area contributed by atoms with Crippen LogP contribution in [0.15, 0.2) is 97.1 Å². The van der Waals surface area contributed by atoms with Gasteiger partial charge in [0.05, 0.1) is 0 Å². The van der Waals surface area contributed by atoms with Crippen molar-refractivity contribution in [2.24, 2.45) is 28.7 Å². The van der Waals surface area contributed by atoms with Gasteiger partial charge in [0.15, 0.2) is 0 Å². The summed E-state index contributed by atoms with van der Waals surface area (Å²) in [4.78, 5) is 0. The van der Waals surface area contributed by atoms with Gasteiger partial charge >= 0.3 is 0 Å². The Morgan fingerprint density at radius 2 is 1.25 bits per heavy atom. The fraction of sp³-hybridized carbons (Fsp3) is 0.444. The molecule has 7 nitrogen and oxygen atoms in total. The van der Waals surface area contributed by atoms with Gasteiger partial charge in [-0.25, -0.2) is 8.78 Å². The third kappa shape index (κ3) is 11.2. The maximum absolute atomic E-state index is 13.0. The molecular weight excluding hydrogens is 824 g/mol. The molecule has 1 saturated carbocycles. The lowest BCUT2D eigenvalue weighted by Gasteiger charge is -2.47. The number of benzene rings is 5. The zero-order valence-electron chi connectivity index (χ0n) is 38.2. The van der Waals surface area contributed by atoms with Crippen molar-refractivity contribution in [1.29, 1.82) is 0 Å². The molecule has 1 unspecified atom stereocenters. The number of nitrogens with two attached hydrogens (primary N) is 5. The van der Waals surface area contributed by atoms with Gasteiger partial charge in [-0.15, -0.1) is 0 Å². The second kappa shape index (κ2) is 19.6. The van der Waals surface area contributed by atoms with Gasteiger partial charge in [-0.2, -0.15) is 0 Å². The van der Waals surface area contributed by atoms with Crippen molar-refractivity contribution in [2.75, 3.05) is 6.61 Å². The molecule has 0 radical (unpaired) electrons. The summed E-state index contributed by atoms with van der Waals surface area (Å²) in [6.07, 6.45) is 10.3. The van der Waals surface area contributed by atoms with Crippen molar-refractivity contribution in [3.8, 4) is 11.5 Å². The van der Waals surface area contributed by atoms with Gasteiger partial charge in [-0.3, -0.25) is 0 Å². The van der Waals surface area contributed by atoms with Gasteiger partial charge in [0.25, 0.3) is 0 Å². The largest absolute Gasteiger partial charge is 0.492 e. The van der Waals surface area contributed by atoms with Gasteiger partial charge in [0, 0.05) is 47.2 Å². The molecule has 1 fully saturated rings. The second-order valence-corrected chi connectivity index (χ2v) is 20.7. The van der Waals surface area contributed by atoms with E-state index in [2.05, 4.69) is 77.1 Å². The van der Waals surface area contributed by atoms with Crippen LogP contribution in [-0.2, 0) is 30.1 Å². The van der Waals surface area contributed by atoms with E-state index in [1.54, 1.807) is 18.2 Å². The van der Waals surface area contributed by atoms with Crippen molar-refractivity contribution in [3.63, 3.8) is 0 Å². The molecule has 64 heavy (non-hydrogen) atoms. The Morgan fingerprint density at radius 3 is 1.91 bits per heavy atom. The third-order valence-corrected chi connectivity index (χ3v) is 13.9. The second-order valence-electron chi connectivity index (χ2n) is 20.2. The van der Waals surface area contributed by atoms with Crippen LogP contribution in [0.25, 0.3) is 0 Å². The Balaban J connectivity index is 0.000000120. The monoisotopic (exact) mass is 892 g/mol. The molecule has 4 aliphatic carbocycles. The lowest BCUT2D eigenvalue weighted by molar-refractivity contribution is -0.0330. The molecule has 10 N–H and O–H groups in total. The van der Waals surface area contributed by atoms with E-state index in [9.17, 15) is 8.78 Å². The minimum atomic E-state index is -0.239. The molecule has 6 aliphatic rings. The molecule has 0 aromatic heterocycles. The van der Waals surface area contributed by atoms with E-state index < -0.39 is 0 Å². The summed E-state index contributed by atoms with van der Waals surface area (Å²) in [6, 6.07) is 31.1. The van der Waals surface area contributed by atoms with Crippen molar-refractivity contribution < 1.29 is 18.3 Å². The Labute approximate surface area is 384 Å². The predicted octanol–water partition coefficient (Wildman–Crippen LogP) is 11.2. The molecule has 2 heterocycles. The highest BCUT2D eigenvalue weighted by atomic mass is 35.5. The SMILES string of the molecule is CC(C)(C)c1ccc2c(c1)CC[C@H]2N.CC1(C)C[C@@H](N)c2ccccc21.NC1COc2cc(Cl)ccc2C1.N[C@@H]1CCc2cc(F)ccc21.N[C@H]1CC2(CCC2)Oc2ccc(F)cc21. The molecule has 0 bridgehead atoms. The van der Waals surface area contributed by atoms with E-state index in [0.717, 1.165) is 91.5 Å². The topological polar surface area (TPSA) is 149 Å². The molecular formula is C54H68ClF2N5O2. The first-order chi connectivity index (χ1) is 30.3. The van der Waals surface area contributed by atoms with E-state index in [1.807, 2.05) is 18.2 Å². The van der Waals surface area contributed by atoms with E-state index in [0.29, 0.717) is 11.6 Å². The summed E-state index contributed by atoms with van der Waals surface area (Å²) in [5.41, 5.74) is 41.2. The quantitative estimate of drug-likeness (QED) is 0.104. The number of hydrogen-bond donors (Lipinski definition) is 5. The molecule has 342 valence electrons. The predicted molar refractivity (Wildman–Crippen MR) is 257 cm³/mol. The smallest absolute Gasteiger partial charge is 0.125 e. The third-order valence-electron chi connectivity index (χ3n) is 13.7. The van der Waals surface area contributed by atoms with Crippen LogP contribution in [0.4, 0.5) is 8.78 Å². The van der Waals surface area contributed by atoms with Crippen molar-refractivity contribution >= 4 is 11.6 Å². The van der Waals surface area contributed by atoms with E-state index in [1.165, 1.54) is 52.4 Å². The van der Waals surface area contributed by atoms with Crippen LogP contribution < -0.4 is 38.1 Å². The maximum atomic E-state index is 13.0. The van der Waals surface area contributed by atoms with Crippen molar-refractivity contribution in [3.05, 3.63) is 164 Å². The highest BCUT2D eigenvalue weighted by Gasteiger charge is 2.44. The van der Waals surface area contributed by atoms with Crippen LogP contribution in [0.1, 0.15) is 154 Å². The molecule has 1 spiro atoms. The lowest BCUT2D eigenvalue weighted by Crippen LogP contribution is -2.48. The van der Waals surface area contributed by atoms with Gasteiger partial charge in [0.1, 0.15) is 35.3 Å². The molecule has 5 aromatic rings.